The summed E-state index contributed by atoms with van der Waals surface area (Å²) >= 11 is 3.29. The zero-order valence-corrected chi connectivity index (χ0v) is 8.91. The number of nitrogens with two attached hydrogens (primary N) is 1. The van der Waals surface area contributed by atoms with Gasteiger partial charge in [-0.15, -0.1) is 0 Å². The van der Waals surface area contributed by atoms with Gasteiger partial charge in [0.05, 0.1) is 11.8 Å². The zero-order valence-electron chi connectivity index (χ0n) is 7.33. The van der Waals surface area contributed by atoms with E-state index in [1.807, 2.05) is 6.07 Å². The Hall–Kier alpha value is -0.740. The smallest absolute Gasteiger partial charge is 0.142 e. The Bertz CT molecular complexity index is 289. The molecule has 0 fully saturated rings. The highest BCUT2D eigenvalue weighted by Crippen LogP contribution is 2.25. The van der Waals surface area contributed by atoms with E-state index in [0.717, 1.165) is 4.47 Å². The van der Waals surface area contributed by atoms with Crippen molar-refractivity contribution in [2.24, 2.45) is 0 Å². The van der Waals surface area contributed by atoms with Crippen molar-refractivity contribution in [2.45, 2.75) is 13.0 Å². The summed E-state index contributed by atoms with van der Waals surface area (Å²) in [6.07, 6.45) is -0.483. The van der Waals surface area contributed by atoms with E-state index >= 15 is 0 Å². The van der Waals surface area contributed by atoms with E-state index in [2.05, 4.69) is 15.9 Å². The van der Waals surface area contributed by atoms with E-state index in [-0.39, 0.29) is 6.61 Å². The first kappa shape index (κ1) is 10.3. The molecular formula is C9H12BrNO2. The fraction of sp³-hybridized carbons (Fsp3) is 0.333. The van der Waals surface area contributed by atoms with Crippen molar-refractivity contribution in [2.75, 3.05) is 12.3 Å². The molecule has 0 aliphatic heterocycles. The predicted molar refractivity (Wildman–Crippen MR) is 55.7 cm³/mol. The minimum absolute atomic E-state index is 0.256. The molecule has 0 aromatic heterocycles. The number of aliphatic hydroxyl groups is 1. The Kier molecular flexibility index (Phi) is 3.57. The molecule has 13 heavy (non-hydrogen) atoms. The number of hydrogen-bond acceptors (Lipinski definition) is 3. The van der Waals surface area contributed by atoms with Gasteiger partial charge in [0.2, 0.25) is 0 Å². The Morgan fingerprint density at radius 1 is 1.62 bits per heavy atom. The highest BCUT2D eigenvalue weighted by atomic mass is 79.9. The first-order valence-electron chi connectivity index (χ1n) is 3.95. The fourth-order valence-electron chi connectivity index (χ4n) is 0.861. The second kappa shape index (κ2) is 4.48. The van der Waals surface area contributed by atoms with Gasteiger partial charge in [0.15, 0.2) is 0 Å². The maximum Gasteiger partial charge on any atom is 0.142 e. The summed E-state index contributed by atoms with van der Waals surface area (Å²) in [6.45, 7) is 1.92. The molecule has 4 heteroatoms. The maximum absolute atomic E-state index is 8.98. The molecule has 0 aliphatic rings. The van der Waals surface area contributed by atoms with Crippen molar-refractivity contribution < 1.29 is 9.84 Å². The lowest BCUT2D eigenvalue weighted by atomic mass is 10.3. The Morgan fingerprint density at radius 3 is 2.85 bits per heavy atom. The van der Waals surface area contributed by atoms with E-state index in [1.165, 1.54) is 0 Å². The van der Waals surface area contributed by atoms with Crippen LogP contribution in [0.2, 0.25) is 0 Å². The van der Waals surface area contributed by atoms with Crippen LogP contribution >= 0.6 is 15.9 Å². The molecule has 1 aromatic carbocycles. The lowest BCUT2D eigenvalue weighted by molar-refractivity contribution is 0.123. The van der Waals surface area contributed by atoms with Gasteiger partial charge in [-0.1, -0.05) is 15.9 Å². The highest BCUT2D eigenvalue weighted by molar-refractivity contribution is 9.10. The second-order valence-corrected chi connectivity index (χ2v) is 3.76. The maximum atomic E-state index is 8.98. The summed E-state index contributed by atoms with van der Waals surface area (Å²) in [7, 11) is 0. The molecule has 1 aromatic rings. The van der Waals surface area contributed by atoms with Crippen molar-refractivity contribution in [1.82, 2.24) is 0 Å². The monoisotopic (exact) mass is 245 g/mol. The van der Waals surface area contributed by atoms with Crippen LogP contribution < -0.4 is 10.5 Å². The molecule has 3 nitrogen and oxygen atoms in total. The number of benzene rings is 1. The average molecular weight is 246 g/mol. The Balaban J connectivity index is 2.67. The second-order valence-electron chi connectivity index (χ2n) is 2.84. The third-order valence-electron chi connectivity index (χ3n) is 1.45. The van der Waals surface area contributed by atoms with E-state index < -0.39 is 6.10 Å². The summed E-state index contributed by atoms with van der Waals surface area (Å²) in [6, 6.07) is 5.37. The summed E-state index contributed by atoms with van der Waals surface area (Å²) in [5, 5.41) is 8.98. The van der Waals surface area contributed by atoms with Crippen LogP contribution in [0.3, 0.4) is 0 Å². The van der Waals surface area contributed by atoms with Crippen LogP contribution in [0.5, 0.6) is 5.75 Å². The van der Waals surface area contributed by atoms with Crippen molar-refractivity contribution >= 4 is 21.6 Å². The van der Waals surface area contributed by atoms with Crippen molar-refractivity contribution in [1.29, 1.82) is 0 Å². The predicted octanol–water partition coefficient (Wildman–Crippen LogP) is 1.79. The van der Waals surface area contributed by atoms with Gasteiger partial charge in [0.1, 0.15) is 12.4 Å². The number of rotatable bonds is 3. The SMILES string of the molecule is CC(O)COc1ccc(Br)cc1N. The van der Waals surface area contributed by atoms with Crippen LogP contribution in [-0.4, -0.2) is 17.8 Å². The number of nitrogen functional groups attached to an aromatic ring is 1. The van der Waals surface area contributed by atoms with Gasteiger partial charge in [-0.25, -0.2) is 0 Å². The normalized spacial score (nSPS) is 12.5. The Labute approximate surface area is 85.6 Å². The lowest BCUT2D eigenvalue weighted by Crippen LogP contribution is -2.13. The van der Waals surface area contributed by atoms with Crippen molar-refractivity contribution in [3.8, 4) is 5.75 Å². The molecule has 0 saturated carbocycles. The van der Waals surface area contributed by atoms with Crippen LogP contribution in [0.25, 0.3) is 0 Å². The highest BCUT2D eigenvalue weighted by Gasteiger charge is 2.02. The molecule has 1 unspecified atom stereocenters. The Morgan fingerprint density at radius 2 is 2.31 bits per heavy atom. The van der Waals surface area contributed by atoms with Crippen molar-refractivity contribution in [3.05, 3.63) is 22.7 Å². The van der Waals surface area contributed by atoms with Gasteiger partial charge in [0, 0.05) is 4.47 Å². The van der Waals surface area contributed by atoms with Gasteiger partial charge in [-0.2, -0.15) is 0 Å². The van der Waals surface area contributed by atoms with Gasteiger partial charge in [-0.3, -0.25) is 0 Å². The molecule has 0 bridgehead atoms. The number of ether oxygens (including phenoxy) is 1. The molecule has 72 valence electrons. The van der Waals surface area contributed by atoms with Crippen molar-refractivity contribution in [3.63, 3.8) is 0 Å². The zero-order chi connectivity index (χ0) is 9.84. The van der Waals surface area contributed by atoms with Crippen LogP contribution in [0, 0.1) is 0 Å². The topological polar surface area (TPSA) is 55.5 Å². The average Bonchev–Trinajstić information content (AvgIpc) is 2.02. The fourth-order valence-corrected chi connectivity index (χ4v) is 1.24. The minimum Gasteiger partial charge on any atom is -0.489 e. The summed E-state index contributed by atoms with van der Waals surface area (Å²) in [4.78, 5) is 0. The molecule has 3 N–H and O–H groups in total. The molecule has 1 atom stereocenters. The molecule has 0 saturated heterocycles. The minimum atomic E-state index is -0.483. The van der Waals surface area contributed by atoms with E-state index in [0.29, 0.717) is 11.4 Å². The standard InChI is InChI=1S/C9H12BrNO2/c1-6(12)5-13-9-3-2-7(10)4-8(9)11/h2-4,6,12H,5,11H2,1H3. The van der Waals surface area contributed by atoms with Gasteiger partial charge >= 0.3 is 0 Å². The molecule has 0 heterocycles. The molecule has 0 radical (unpaired) electrons. The first-order valence-corrected chi connectivity index (χ1v) is 4.75. The quantitative estimate of drug-likeness (QED) is 0.799. The van der Waals surface area contributed by atoms with E-state index in [1.54, 1.807) is 19.1 Å². The van der Waals surface area contributed by atoms with Gasteiger partial charge in [0.25, 0.3) is 0 Å². The van der Waals surface area contributed by atoms with E-state index in [4.69, 9.17) is 15.6 Å². The largest absolute Gasteiger partial charge is 0.489 e. The third kappa shape index (κ3) is 3.24. The molecule has 0 spiro atoms. The number of aliphatic hydroxyl groups excluding tert-OH is 1. The van der Waals surface area contributed by atoms with Crippen LogP contribution in [0.4, 0.5) is 5.69 Å². The third-order valence-corrected chi connectivity index (χ3v) is 1.95. The van der Waals surface area contributed by atoms with Crippen LogP contribution in [-0.2, 0) is 0 Å². The molecule has 1 rings (SSSR count). The number of anilines is 1. The lowest BCUT2D eigenvalue weighted by Gasteiger charge is -2.10. The summed E-state index contributed by atoms with van der Waals surface area (Å²) in [5.41, 5.74) is 6.24. The summed E-state index contributed by atoms with van der Waals surface area (Å²) in [5.74, 6) is 0.601. The van der Waals surface area contributed by atoms with Gasteiger partial charge in [-0.05, 0) is 25.1 Å². The van der Waals surface area contributed by atoms with E-state index in [9.17, 15) is 0 Å². The summed E-state index contributed by atoms with van der Waals surface area (Å²) < 4.78 is 6.17. The molecule has 0 aliphatic carbocycles. The van der Waals surface area contributed by atoms with Gasteiger partial charge < -0.3 is 15.6 Å². The number of hydrogen-bond donors (Lipinski definition) is 2. The first-order chi connectivity index (χ1) is 6.09. The van der Waals surface area contributed by atoms with Crippen LogP contribution in [0.1, 0.15) is 6.92 Å². The molecule has 0 amide bonds. The van der Waals surface area contributed by atoms with Crippen LogP contribution in [0.15, 0.2) is 22.7 Å². The number of halogens is 1. The molecular weight excluding hydrogens is 234 g/mol.